The Bertz CT molecular complexity index is 431. The van der Waals surface area contributed by atoms with Crippen molar-refractivity contribution in [3.63, 3.8) is 0 Å². The van der Waals surface area contributed by atoms with Crippen LogP contribution in [-0.4, -0.2) is 19.5 Å². The second-order valence-electron chi connectivity index (χ2n) is 4.04. The van der Waals surface area contributed by atoms with Gasteiger partial charge in [0.25, 0.3) is 0 Å². The quantitative estimate of drug-likeness (QED) is 0.647. The molecule has 1 unspecified atom stereocenters. The minimum atomic E-state index is -4.77. The minimum Gasteiger partial charge on any atom is -0.351 e. The molecule has 1 rings (SSSR count). The maximum atomic E-state index is 13.2. The third-order valence-electron chi connectivity index (χ3n) is 2.64. The van der Waals surface area contributed by atoms with E-state index in [2.05, 4.69) is 0 Å². The van der Waals surface area contributed by atoms with Crippen molar-refractivity contribution in [1.82, 2.24) is 0 Å². The lowest BCUT2D eigenvalue weighted by molar-refractivity contribution is -0.150. The Labute approximate surface area is 114 Å². The monoisotopic (exact) mass is 295 g/mol. The molecular formula is C13H17F4NO2. The SMILES string of the molecule is CCOC(OCC)C(N)c1ccc(F)c(C(F)(F)F)c1. The Morgan fingerprint density at radius 2 is 1.70 bits per heavy atom. The van der Waals surface area contributed by atoms with E-state index in [-0.39, 0.29) is 5.56 Å². The van der Waals surface area contributed by atoms with E-state index < -0.39 is 29.9 Å². The largest absolute Gasteiger partial charge is 0.419 e. The van der Waals surface area contributed by atoms with Gasteiger partial charge in [-0.15, -0.1) is 0 Å². The van der Waals surface area contributed by atoms with Crippen LogP contribution in [0.5, 0.6) is 0 Å². The molecule has 0 radical (unpaired) electrons. The van der Waals surface area contributed by atoms with Crippen LogP contribution in [0.15, 0.2) is 18.2 Å². The van der Waals surface area contributed by atoms with Crippen LogP contribution in [0.3, 0.4) is 0 Å². The summed E-state index contributed by atoms with van der Waals surface area (Å²) < 4.78 is 61.6. The van der Waals surface area contributed by atoms with Crippen LogP contribution in [0.1, 0.15) is 31.0 Å². The van der Waals surface area contributed by atoms with Crippen LogP contribution in [0, 0.1) is 5.82 Å². The Hall–Kier alpha value is -1.18. The fourth-order valence-corrected chi connectivity index (χ4v) is 1.71. The average molecular weight is 295 g/mol. The van der Waals surface area contributed by atoms with Crippen molar-refractivity contribution in [2.45, 2.75) is 32.4 Å². The Kier molecular flexibility index (Phi) is 5.91. The van der Waals surface area contributed by atoms with Gasteiger partial charge in [0.05, 0.1) is 11.6 Å². The van der Waals surface area contributed by atoms with Crippen LogP contribution in [0.25, 0.3) is 0 Å². The van der Waals surface area contributed by atoms with Gasteiger partial charge in [-0.05, 0) is 31.5 Å². The summed E-state index contributed by atoms with van der Waals surface area (Å²) >= 11 is 0. The van der Waals surface area contributed by atoms with Gasteiger partial charge in [-0.3, -0.25) is 0 Å². The fourth-order valence-electron chi connectivity index (χ4n) is 1.71. The molecule has 0 aliphatic heterocycles. The number of benzene rings is 1. The van der Waals surface area contributed by atoms with Gasteiger partial charge in [0.1, 0.15) is 5.82 Å². The van der Waals surface area contributed by atoms with Crippen LogP contribution in [0.4, 0.5) is 17.6 Å². The van der Waals surface area contributed by atoms with Crippen molar-refractivity contribution >= 4 is 0 Å². The minimum absolute atomic E-state index is 0.102. The number of halogens is 4. The molecule has 0 aliphatic rings. The zero-order chi connectivity index (χ0) is 15.3. The maximum Gasteiger partial charge on any atom is 0.419 e. The second kappa shape index (κ2) is 7.01. The number of hydrogen-bond donors (Lipinski definition) is 1. The number of rotatable bonds is 6. The van der Waals surface area contributed by atoms with Crippen molar-refractivity contribution in [2.24, 2.45) is 5.73 Å². The summed E-state index contributed by atoms with van der Waals surface area (Å²) in [7, 11) is 0. The lowest BCUT2D eigenvalue weighted by Crippen LogP contribution is -2.32. The Balaban J connectivity index is 3.06. The van der Waals surface area contributed by atoms with Gasteiger partial charge in [-0.25, -0.2) is 4.39 Å². The highest BCUT2D eigenvalue weighted by atomic mass is 19.4. The molecule has 0 heterocycles. The molecule has 2 N–H and O–H groups in total. The first-order valence-electron chi connectivity index (χ1n) is 6.16. The molecule has 0 spiro atoms. The van der Waals surface area contributed by atoms with E-state index >= 15 is 0 Å². The van der Waals surface area contributed by atoms with E-state index in [9.17, 15) is 17.6 Å². The standard InChI is InChI=1S/C13H17F4NO2/c1-3-19-12(20-4-2)11(18)8-5-6-10(14)9(7-8)13(15,16)17/h5-7,11-12H,3-4,18H2,1-2H3. The van der Waals surface area contributed by atoms with Crippen LogP contribution >= 0.6 is 0 Å². The van der Waals surface area contributed by atoms with Gasteiger partial charge in [0.2, 0.25) is 0 Å². The average Bonchev–Trinajstić information content (AvgIpc) is 2.37. The van der Waals surface area contributed by atoms with E-state index in [4.69, 9.17) is 15.2 Å². The molecule has 1 aromatic rings. The first kappa shape index (κ1) is 16.9. The van der Waals surface area contributed by atoms with E-state index in [1.165, 1.54) is 6.07 Å². The maximum absolute atomic E-state index is 13.2. The number of ether oxygens (including phenoxy) is 2. The summed E-state index contributed by atoms with van der Waals surface area (Å²) in [5.41, 5.74) is 4.59. The van der Waals surface area contributed by atoms with Gasteiger partial charge in [-0.1, -0.05) is 6.07 Å². The third kappa shape index (κ3) is 4.16. The predicted octanol–water partition coefficient (Wildman–Crippen LogP) is 3.24. The smallest absolute Gasteiger partial charge is 0.351 e. The molecule has 0 aromatic heterocycles. The van der Waals surface area contributed by atoms with E-state index in [0.717, 1.165) is 6.07 Å². The molecule has 3 nitrogen and oxygen atoms in total. The number of nitrogens with two attached hydrogens (primary N) is 1. The summed E-state index contributed by atoms with van der Waals surface area (Å²) in [6.45, 7) is 4.02. The summed E-state index contributed by atoms with van der Waals surface area (Å²) in [5.74, 6) is -1.34. The molecule has 0 amide bonds. The summed E-state index contributed by atoms with van der Waals surface area (Å²) in [5, 5.41) is 0. The van der Waals surface area contributed by atoms with E-state index in [0.29, 0.717) is 19.3 Å². The lowest BCUT2D eigenvalue weighted by Gasteiger charge is -2.24. The van der Waals surface area contributed by atoms with Crippen LogP contribution < -0.4 is 5.73 Å². The Morgan fingerprint density at radius 1 is 1.15 bits per heavy atom. The Morgan fingerprint density at radius 3 is 2.15 bits per heavy atom. The van der Waals surface area contributed by atoms with Crippen molar-refractivity contribution < 1.29 is 27.0 Å². The molecule has 1 aromatic carbocycles. The van der Waals surface area contributed by atoms with Crippen molar-refractivity contribution in [1.29, 1.82) is 0 Å². The van der Waals surface area contributed by atoms with Crippen molar-refractivity contribution in [3.8, 4) is 0 Å². The summed E-state index contributed by atoms with van der Waals surface area (Å²) in [6, 6.07) is 1.69. The highest BCUT2D eigenvalue weighted by Crippen LogP contribution is 2.33. The van der Waals surface area contributed by atoms with Crippen molar-refractivity contribution in [2.75, 3.05) is 13.2 Å². The van der Waals surface area contributed by atoms with Crippen molar-refractivity contribution in [3.05, 3.63) is 35.1 Å². The molecular weight excluding hydrogens is 278 g/mol. The zero-order valence-corrected chi connectivity index (χ0v) is 11.2. The molecule has 0 fully saturated rings. The first-order chi connectivity index (χ1) is 9.31. The molecule has 20 heavy (non-hydrogen) atoms. The van der Waals surface area contributed by atoms with Gasteiger partial charge in [0, 0.05) is 13.2 Å². The zero-order valence-electron chi connectivity index (χ0n) is 11.2. The molecule has 7 heteroatoms. The topological polar surface area (TPSA) is 44.5 Å². The summed E-state index contributed by atoms with van der Waals surface area (Å²) in [6.07, 6.45) is -5.65. The third-order valence-corrected chi connectivity index (χ3v) is 2.64. The number of alkyl halides is 3. The van der Waals surface area contributed by atoms with Gasteiger partial charge in [0.15, 0.2) is 6.29 Å². The van der Waals surface area contributed by atoms with Gasteiger partial charge >= 0.3 is 6.18 Å². The normalized spacial score (nSPS) is 13.8. The molecule has 0 aliphatic carbocycles. The predicted molar refractivity (Wildman–Crippen MR) is 65.4 cm³/mol. The highest BCUT2D eigenvalue weighted by Gasteiger charge is 2.35. The number of hydrogen-bond acceptors (Lipinski definition) is 3. The first-order valence-corrected chi connectivity index (χ1v) is 6.16. The van der Waals surface area contributed by atoms with Crippen LogP contribution in [0.2, 0.25) is 0 Å². The van der Waals surface area contributed by atoms with E-state index in [1.54, 1.807) is 13.8 Å². The van der Waals surface area contributed by atoms with Gasteiger partial charge < -0.3 is 15.2 Å². The van der Waals surface area contributed by atoms with Crippen LogP contribution in [-0.2, 0) is 15.7 Å². The molecule has 0 bridgehead atoms. The molecule has 1 atom stereocenters. The van der Waals surface area contributed by atoms with Gasteiger partial charge in [-0.2, -0.15) is 13.2 Å². The molecule has 0 saturated heterocycles. The highest BCUT2D eigenvalue weighted by molar-refractivity contribution is 5.29. The fraction of sp³-hybridized carbons (Fsp3) is 0.538. The summed E-state index contributed by atoms with van der Waals surface area (Å²) in [4.78, 5) is 0. The molecule has 114 valence electrons. The lowest BCUT2D eigenvalue weighted by atomic mass is 10.0. The second-order valence-corrected chi connectivity index (χ2v) is 4.04. The van der Waals surface area contributed by atoms with E-state index in [1.807, 2.05) is 0 Å². The molecule has 0 saturated carbocycles.